The quantitative estimate of drug-likeness (QED) is 0.692. The highest BCUT2D eigenvalue weighted by atomic mass is 19.1. The van der Waals surface area contributed by atoms with Gasteiger partial charge < -0.3 is 15.0 Å². The number of anilines is 1. The molecule has 0 aliphatic carbocycles. The molecule has 6 nitrogen and oxygen atoms in total. The van der Waals surface area contributed by atoms with E-state index in [0.717, 1.165) is 11.3 Å². The smallest absolute Gasteiger partial charge is 0.337 e. The molecule has 0 saturated heterocycles. The van der Waals surface area contributed by atoms with Gasteiger partial charge in [-0.1, -0.05) is 0 Å². The van der Waals surface area contributed by atoms with E-state index in [1.54, 1.807) is 24.3 Å². The van der Waals surface area contributed by atoms with Gasteiger partial charge in [-0.05, 0) is 54.8 Å². The molecule has 3 aromatic rings. The van der Waals surface area contributed by atoms with Crippen LogP contribution in [-0.4, -0.2) is 23.0 Å². The summed E-state index contributed by atoms with van der Waals surface area (Å²) in [6.45, 7) is 0. The zero-order valence-corrected chi connectivity index (χ0v) is 14.0. The molecule has 0 fully saturated rings. The van der Waals surface area contributed by atoms with Crippen molar-refractivity contribution in [1.82, 2.24) is 9.97 Å². The van der Waals surface area contributed by atoms with E-state index in [1.807, 2.05) is 0 Å². The molecule has 0 spiro atoms. The third-order valence-electron chi connectivity index (χ3n) is 4.57. The lowest BCUT2D eigenvalue weighted by Gasteiger charge is -2.26. The lowest BCUT2D eigenvalue weighted by molar-refractivity contribution is 0.0601. The number of nitrogens with one attached hydrogen (secondary N) is 2. The average Bonchev–Trinajstić information content (AvgIpc) is 2.66. The van der Waals surface area contributed by atoms with E-state index >= 15 is 0 Å². The molecule has 2 aromatic carbocycles. The second-order valence-corrected chi connectivity index (χ2v) is 6.21. The minimum absolute atomic E-state index is 0.277. The number of hydrogen-bond donors (Lipinski definition) is 2. The van der Waals surface area contributed by atoms with Crippen LogP contribution in [0.5, 0.6) is 0 Å². The van der Waals surface area contributed by atoms with Gasteiger partial charge in [0.1, 0.15) is 11.5 Å². The predicted octanol–water partition coefficient (Wildman–Crippen LogP) is 2.95. The molecule has 1 aliphatic heterocycles. The van der Waals surface area contributed by atoms with E-state index < -0.39 is 5.97 Å². The summed E-state index contributed by atoms with van der Waals surface area (Å²) in [7, 11) is 1.31. The first-order valence-corrected chi connectivity index (χ1v) is 8.22. The van der Waals surface area contributed by atoms with Crippen LogP contribution in [0, 0.1) is 5.82 Å². The summed E-state index contributed by atoms with van der Waals surface area (Å²) in [5.74, 6) is -0.741. The van der Waals surface area contributed by atoms with Crippen molar-refractivity contribution in [3.63, 3.8) is 0 Å². The highest BCUT2D eigenvalue weighted by Gasteiger charge is 2.23. The van der Waals surface area contributed by atoms with Crippen LogP contribution in [0.3, 0.4) is 0 Å². The Morgan fingerprint density at radius 2 is 2.12 bits per heavy atom. The molecule has 0 bridgehead atoms. The lowest BCUT2D eigenvalue weighted by Crippen LogP contribution is -2.26. The summed E-state index contributed by atoms with van der Waals surface area (Å²) in [6, 6.07) is 9.06. The molecule has 132 valence electrons. The molecule has 26 heavy (non-hydrogen) atoms. The molecule has 2 N–H and O–H groups in total. The SMILES string of the molecule is COC(=O)c1ccc2[nH]c(=O)c(C3CCc4cc(F)ccc4N3)nc2c1. The predicted molar refractivity (Wildman–Crippen MR) is 94.8 cm³/mol. The number of rotatable bonds is 2. The van der Waals surface area contributed by atoms with Gasteiger partial charge in [0.15, 0.2) is 0 Å². The Labute approximate surface area is 148 Å². The maximum Gasteiger partial charge on any atom is 0.337 e. The molecular formula is C19H16FN3O3. The number of aromatic nitrogens is 2. The first-order valence-electron chi connectivity index (χ1n) is 8.22. The topological polar surface area (TPSA) is 84.1 Å². The van der Waals surface area contributed by atoms with Crippen LogP contribution in [0.25, 0.3) is 11.0 Å². The number of aryl methyl sites for hydroxylation is 1. The number of H-pyrrole nitrogens is 1. The molecule has 4 rings (SSSR count). The monoisotopic (exact) mass is 353 g/mol. The van der Waals surface area contributed by atoms with E-state index in [4.69, 9.17) is 4.74 Å². The van der Waals surface area contributed by atoms with Crippen molar-refractivity contribution in [3.8, 4) is 0 Å². The average molecular weight is 353 g/mol. The number of carbonyl (C=O) groups is 1. The van der Waals surface area contributed by atoms with Crippen molar-refractivity contribution in [2.24, 2.45) is 0 Å². The third-order valence-corrected chi connectivity index (χ3v) is 4.57. The van der Waals surface area contributed by atoms with Crippen LogP contribution >= 0.6 is 0 Å². The second-order valence-electron chi connectivity index (χ2n) is 6.21. The molecule has 1 atom stereocenters. The van der Waals surface area contributed by atoms with E-state index in [-0.39, 0.29) is 17.4 Å². The highest BCUT2D eigenvalue weighted by molar-refractivity contribution is 5.93. The number of carbonyl (C=O) groups excluding carboxylic acids is 1. The van der Waals surface area contributed by atoms with Gasteiger partial charge in [0.2, 0.25) is 0 Å². The Balaban J connectivity index is 1.74. The fourth-order valence-electron chi connectivity index (χ4n) is 3.25. The Morgan fingerprint density at radius 3 is 2.92 bits per heavy atom. The zero-order chi connectivity index (χ0) is 18.3. The summed E-state index contributed by atoms with van der Waals surface area (Å²) >= 11 is 0. The Hall–Kier alpha value is -3.22. The van der Waals surface area contributed by atoms with Crippen LogP contribution < -0.4 is 10.9 Å². The van der Waals surface area contributed by atoms with Crippen molar-refractivity contribution in [3.05, 3.63) is 69.4 Å². The van der Waals surface area contributed by atoms with E-state index in [2.05, 4.69) is 15.3 Å². The van der Waals surface area contributed by atoms with Crippen molar-refractivity contribution in [2.75, 3.05) is 12.4 Å². The number of benzene rings is 2. The number of halogens is 1. The van der Waals surface area contributed by atoms with Crippen molar-refractivity contribution >= 4 is 22.7 Å². The van der Waals surface area contributed by atoms with Crippen LogP contribution in [0.4, 0.5) is 10.1 Å². The van der Waals surface area contributed by atoms with Gasteiger partial charge in [-0.25, -0.2) is 14.2 Å². The maximum absolute atomic E-state index is 13.4. The van der Waals surface area contributed by atoms with Crippen LogP contribution in [0.15, 0.2) is 41.2 Å². The van der Waals surface area contributed by atoms with Gasteiger partial charge in [-0.15, -0.1) is 0 Å². The Kier molecular flexibility index (Phi) is 3.91. The molecular weight excluding hydrogens is 337 g/mol. The molecule has 1 unspecified atom stereocenters. The van der Waals surface area contributed by atoms with Crippen molar-refractivity contribution in [2.45, 2.75) is 18.9 Å². The van der Waals surface area contributed by atoms with Gasteiger partial charge >= 0.3 is 5.97 Å². The summed E-state index contributed by atoms with van der Waals surface area (Å²) in [4.78, 5) is 31.5. The molecule has 0 radical (unpaired) electrons. The number of esters is 1. The number of aromatic amines is 1. The van der Waals surface area contributed by atoms with Crippen LogP contribution in [0.2, 0.25) is 0 Å². The van der Waals surface area contributed by atoms with E-state index in [9.17, 15) is 14.0 Å². The van der Waals surface area contributed by atoms with Crippen molar-refractivity contribution in [1.29, 1.82) is 0 Å². The minimum atomic E-state index is -0.465. The second kappa shape index (κ2) is 6.25. The minimum Gasteiger partial charge on any atom is -0.465 e. The zero-order valence-electron chi connectivity index (χ0n) is 14.0. The molecule has 1 aliphatic rings. The number of hydrogen-bond acceptors (Lipinski definition) is 5. The Morgan fingerprint density at radius 1 is 1.27 bits per heavy atom. The molecule has 2 heterocycles. The van der Waals surface area contributed by atoms with E-state index in [0.29, 0.717) is 35.1 Å². The standard InChI is InChI=1S/C19H16FN3O3/c1-26-19(25)11-3-5-14-16(9-11)22-17(18(24)23-14)15-6-2-10-8-12(20)4-7-13(10)21-15/h3-5,7-9,15,21H,2,6H2,1H3,(H,23,24). The normalized spacial score (nSPS) is 16.0. The summed E-state index contributed by atoms with van der Waals surface area (Å²) in [5, 5.41) is 3.25. The van der Waals surface area contributed by atoms with Gasteiger partial charge in [0.05, 0.1) is 29.7 Å². The maximum atomic E-state index is 13.4. The fraction of sp³-hybridized carbons (Fsp3) is 0.211. The molecule has 0 saturated carbocycles. The molecule has 0 amide bonds. The number of methoxy groups -OCH3 is 1. The Bertz CT molecular complexity index is 1080. The first-order chi connectivity index (χ1) is 12.5. The van der Waals surface area contributed by atoms with Gasteiger partial charge in [0, 0.05) is 5.69 Å². The number of fused-ring (bicyclic) bond motifs is 2. The summed E-state index contributed by atoms with van der Waals surface area (Å²) in [5.41, 5.74) is 3.15. The number of ether oxygens (including phenoxy) is 1. The fourth-order valence-corrected chi connectivity index (χ4v) is 3.25. The highest BCUT2D eigenvalue weighted by Crippen LogP contribution is 2.31. The summed E-state index contributed by atoms with van der Waals surface area (Å²) in [6.07, 6.45) is 1.26. The van der Waals surface area contributed by atoms with Crippen LogP contribution in [-0.2, 0) is 11.2 Å². The lowest BCUT2D eigenvalue weighted by atomic mass is 9.96. The molecule has 7 heteroatoms. The van der Waals surface area contributed by atoms with Gasteiger partial charge in [0.25, 0.3) is 5.56 Å². The first kappa shape index (κ1) is 16.3. The largest absolute Gasteiger partial charge is 0.465 e. The molecule has 1 aromatic heterocycles. The van der Waals surface area contributed by atoms with Crippen molar-refractivity contribution < 1.29 is 13.9 Å². The third kappa shape index (κ3) is 2.81. The summed E-state index contributed by atoms with van der Waals surface area (Å²) < 4.78 is 18.1. The van der Waals surface area contributed by atoms with Gasteiger partial charge in [-0.3, -0.25) is 4.79 Å². The number of nitrogens with zero attached hydrogens (tertiary/aromatic N) is 1. The van der Waals surface area contributed by atoms with Gasteiger partial charge in [-0.2, -0.15) is 0 Å². The van der Waals surface area contributed by atoms with Crippen LogP contribution in [0.1, 0.15) is 34.1 Å². The van der Waals surface area contributed by atoms with E-state index in [1.165, 1.54) is 19.2 Å².